The summed E-state index contributed by atoms with van der Waals surface area (Å²) in [6, 6.07) is 41.0. The standard InChI is InChI=1S/C34H28/c1-3-11-25-23(9-1)19-21-33-27(25)15-7-17-31(33)29-13-5-6-14-30(29)32-18-8-16-28-26-12-4-2-10-24(26)20-22-34(28)32/h1-4,7-12,15-22,29-30H,5-6,13-14H2. The normalized spacial score (nSPS) is 18.7. The van der Waals surface area contributed by atoms with E-state index in [4.69, 9.17) is 0 Å². The van der Waals surface area contributed by atoms with Crippen molar-refractivity contribution in [3.63, 3.8) is 0 Å². The highest BCUT2D eigenvalue weighted by molar-refractivity contribution is 6.09. The number of benzene rings is 6. The van der Waals surface area contributed by atoms with Crippen LogP contribution in [0.4, 0.5) is 0 Å². The van der Waals surface area contributed by atoms with Crippen LogP contribution in [0.15, 0.2) is 109 Å². The lowest BCUT2D eigenvalue weighted by Crippen LogP contribution is -2.17. The summed E-state index contributed by atoms with van der Waals surface area (Å²) in [5.74, 6) is 1.10. The molecule has 2 unspecified atom stereocenters. The zero-order chi connectivity index (χ0) is 22.5. The van der Waals surface area contributed by atoms with Crippen LogP contribution in [0.2, 0.25) is 0 Å². The summed E-state index contributed by atoms with van der Waals surface area (Å²) in [6.45, 7) is 0. The summed E-state index contributed by atoms with van der Waals surface area (Å²) in [6.07, 6.45) is 5.17. The molecule has 0 aromatic heterocycles. The average Bonchev–Trinajstić information content (AvgIpc) is 2.92. The van der Waals surface area contributed by atoms with Gasteiger partial charge in [0.1, 0.15) is 0 Å². The molecule has 0 spiro atoms. The van der Waals surface area contributed by atoms with Gasteiger partial charge in [0, 0.05) is 0 Å². The third-order valence-electron chi connectivity index (χ3n) is 8.21. The van der Waals surface area contributed by atoms with E-state index in [-0.39, 0.29) is 0 Å². The molecule has 0 radical (unpaired) electrons. The highest BCUT2D eigenvalue weighted by Gasteiger charge is 2.30. The molecule has 34 heavy (non-hydrogen) atoms. The van der Waals surface area contributed by atoms with Crippen LogP contribution in [0.1, 0.15) is 48.6 Å². The Bertz CT molecular complexity index is 1550. The Morgan fingerprint density at radius 2 is 0.794 bits per heavy atom. The van der Waals surface area contributed by atoms with Crippen LogP contribution < -0.4 is 0 Å². The molecule has 6 aromatic carbocycles. The number of rotatable bonds is 2. The first kappa shape index (κ1) is 19.8. The molecule has 2 atom stereocenters. The molecule has 0 N–H and O–H groups in total. The van der Waals surface area contributed by atoms with Crippen molar-refractivity contribution in [2.24, 2.45) is 0 Å². The third kappa shape index (κ3) is 3.06. The molecule has 0 aliphatic heterocycles. The van der Waals surface area contributed by atoms with Crippen molar-refractivity contribution < 1.29 is 0 Å². The number of hydrogen-bond donors (Lipinski definition) is 0. The summed E-state index contributed by atoms with van der Waals surface area (Å²) >= 11 is 0. The van der Waals surface area contributed by atoms with Crippen molar-refractivity contribution in [3.8, 4) is 0 Å². The second kappa shape index (κ2) is 7.99. The van der Waals surface area contributed by atoms with Gasteiger partial charge in [-0.15, -0.1) is 0 Å². The summed E-state index contributed by atoms with van der Waals surface area (Å²) in [7, 11) is 0. The molecular formula is C34H28. The minimum absolute atomic E-state index is 0.552. The van der Waals surface area contributed by atoms with E-state index in [1.54, 1.807) is 0 Å². The van der Waals surface area contributed by atoms with Crippen molar-refractivity contribution in [3.05, 3.63) is 120 Å². The largest absolute Gasteiger partial charge is 0.0616 e. The molecule has 0 saturated heterocycles. The molecule has 7 rings (SSSR count). The fraction of sp³-hybridized carbons (Fsp3) is 0.176. The summed E-state index contributed by atoms with van der Waals surface area (Å²) < 4.78 is 0. The molecule has 0 heteroatoms. The summed E-state index contributed by atoms with van der Waals surface area (Å²) in [4.78, 5) is 0. The summed E-state index contributed by atoms with van der Waals surface area (Å²) in [5, 5.41) is 11.0. The van der Waals surface area contributed by atoms with Gasteiger partial charge in [0.15, 0.2) is 0 Å². The highest BCUT2D eigenvalue weighted by atomic mass is 14.3. The maximum absolute atomic E-state index is 2.40. The van der Waals surface area contributed by atoms with E-state index in [2.05, 4.69) is 109 Å². The Hall–Kier alpha value is -3.64. The van der Waals surface area contributed by atoms with Gasteiger partial charge in [0.05, 0.1) is 0 Å². The Labute approximate surface area is 200 Å². The van der Waals surface area contributed by atoms with Crippen molar-refractivity contribution in [1.29, 1.82) is 0 Å². The summed E-state index contributed by atoms with van der Waals surface area (Å²) in [5.41, 5.74) is 3.07. The van der Waals surface area contributed by atoms with Gasteiger partial charge in [-0.1, -0.05) is 122 Å². The van der Waals surface area contributed by atoms with E-state index < -0.39 is 0 Å². The Balaban J connectivity index is 1.43. The van der Waals surface area contributed by atoms with Crippen LogP contribution in [-0.2, 0) is 0 Å². The van der Waals surface area contributed by atoms with Crippen molar-refractivity contribution in [1.82, 2.24) is 0 Å². The molecule has 164 valence electrons. The molecule has 0 nitrogen and oxygen atoms in total. The van der Waals surface area contributed by atoms with Gasteiger partial charge in [-0.25, -0.2) is 0 Å². The van der Waals surface area contributed by atoms with E-state index in [1.807, 2.05) is 0 Å². The second-order valence-electron chi connectivity index (χ2n) is 9.96. The number of hydrogen-bond acceptors (Lipinski definition) is 0. The van der Waals surface area contributed by atoms with Crippen LogP contribution in [0, 0.1) is 0 Å². The first-order valence-corrected chi connectivity index (χ1v) is 12.7. The van der Waals surface area contributed by atoms with Gasteiger partial charge in [0.2, 0.25) is 0 Å². The van der Waals surface area contributed by atoms with Crippen LogP contribution >= 0.6 is 0 Å². The molecule has 1 aliphatic rings. The Morgan fingerprint density at radius 3 is 1.29 bits per heavy atom. The van der Waals surface area contributed by atoms with Crippen LogP contribution in [0.25, 0.3) is 43.1 Å². The second-order valence-corrected chi connectivity index (χ2v) is 9.96. The lowest BCUT2D eigenvalue weighted by atomic mass is 9.70. The van der Waals surface area contributed by atoms with Gasteiger partial charge in [-0.3, -0.25) is 0 Å². The lowest BCUT2D eigenvalue weighted by molar-refractivity contribution is 0.389. The van der Waals surface area contributed by atoms with Gasteiger partial charge in [-0.2, -0.15) is 0 Å². The Morgan fingerprint density at radius 1 is 0.353 bits per heavy atom. The smallest absolute Gasteiger partial charge is 0.00867 e. The van der Waals surface area contributed by atoms with Gasteiger partial charge >= 0.3 is 0 Å². The average molecular weight is 437 g/mol. The van der Waals surface area contributed by atoms with Crippen LogP contribution in [0.3, 0.4) is 0 Å². The molecule has 1 saturated carbocycles. The predicted molar refractivity (Wildman–Crippen MR) is 147 cm³/mol. The van der Waals surface area contributed by atoms with Gasteiger partial charge in [-0.05, 0) is 78.9 Å². The molecule has 0 amide bonds. The van der Waals surface area contributed by atoms with Crippen LogP contribution in [-0.4, -0.2) is 0 Å². The third-order valence-corrected chi connectivity index (χ3v) is 8.21. The fourth-order valence-electron chi connectivity index (χ4n) is 6.65. The molecule has 1 fully saturated rings. The van der Waals surface area contributed by atoms with E-state index in [9.17, 15) is 0 Å². The highest BCUT2D eigenvalue weighted by Crippen LogP contribution is 2.48. The zero-order valence-corrected chi connectivity index (χ0v) is 19.4. The first-order chi connectivity index (χ1) is 16.9. The minimum Gasteiger partial charge on any atom is -0.0616 e. The van der Waals surface area contributed by atoms with Gasteiger partial charge in [0.25, 0.3) is 0 Å². The van der Waals surface area contributed by atoms with E-state index in [1.165, 1.54) is 79.9 Å². The quantitative estimate of drug-likeness (QED) is 0.237. The van der Waals surface area contributed by atoms with E-state index >= 15 is 0 Å². The predicted octanol–water partition coefficient (Wildman–Crippen LogP) is 9.74. The van der Waals surface area contributed by atoms with Crippen LogP contribution in [0.5, 0.6) is 0 Å². The zero-order valence-electron chi connectivity index (χ0n) is 19.4. The van der Waals surface area contributed by atoms with E-state index in [0.29, 0.717) is 11.8 Å². The Kier molecular flexibility index (Phi) is 4.65. The topological polar surface area (TPSA) is 0 Å². The maximum Gasteiger partial charge on any atom is -0.00867 e. The first-order valence-electron chi connectivity index (χ1n) is 12.7. The molecule has 6 aromatic rings. The fourth-order valence-corrected chi connectivity index (χ4v) is 6.65. The van der Waals surface area contributed by atoms with E-state index in [0.717, 1.165) is 0 Å². The van der Waals surface area contributed by atoms with Gasteiger partial charge < -0.3 is 0 Å². The maximum atomic E-state index is 2.40. The minimum atomic E-state index is 0.552. The SMILES string of the molecule is c1ccc2c(c1)ccc1c(C3CCCCC3c3cccc4c3ccc3ccccc34)cccc12. The molecule has 0 heterocycles. The molecule has 0 bridgehead atoms. The van der Waals surface area contributed by atoms with Crippen molar-refractivity contribution >= 4 is 43.1 Å². The molecular weight excluding hydrogens is 408 g/mol. The van der Waals surface area contributed by atoms with Crippen molar-refractivity contribution in [2.45, 2.75) is 37.5 Å². The van der Waals surface area contributed by atoms with Crippen molar-refractivity contribution in [2.75, 3.05) is 0 Å². The lowest BCUT2D eigenvalue weighted by Gasteiger charge is -2.34. The monoisotopic (exact) mass is 436 g/mol. The number of fused-ring (bicyclic) bond motifs is 6. The molecule has 1 aliphatic carbocycles.